The Kier molecular flexibility index (Phi) is 6.01. The Morgan fingerprint density at radius 2 is 1.71 bits per heavy atom. The number of para-hydroxylation sites is 3. The molecule has 3 aromatic rings. The van der Waals surface area contributed by atoms with E-state index in [1.54, 1.807) is 24.3 Å². The highest BCUT2D eigenvalue weighted by Gasteiger charge is 2.13. The minimum Gasteiger partial charge on any atom is -0.489 e. The first kappa shape index (κ1) is 19.1. The molecule has 0 unspecified atom stereocenters. The normalized spacial score (nSPS) is 10.4. The van der Waals surface area contributed by atoms with Crippen molar-refractivity contribution in [2.75, 3.05) is 17.7 Å². The Morgan fingerprint density at radius 1 is 1.00 bits per heavy atom. The number of rotatable bonds is 7. The lowest BCUT2D eigenvalue weighted by molar-refractivity contribution is 0.0602. The largest absolute Gasteiger partial charge is 0.489 e. The molecule has 0 spiro atoms. The second-order valence-corrected chi connectivity index (χ2v) is 6.12. The summed E-state index contributed by atoms with van der Waals surface area (Å²) in [4.78, 5) is 16.3. The molecular weight excluding hydrogens is 358 g/mol. The van der Waals surface area contributed by atoms with Crippen molar-refractivity contribution in [1.82, 2.24) is 15.2 Å². The van der Waals surface area contributed by atoms with Crippen molar-refractivity contribution in [2.45, 2.75) is 20.0 Å². The predicted octanol–water partition coefficient (Wildman–Crippen LogP) is 3.93. The quantitative estimate of drug-likeness (QED) is 0.596. The first-order valence-corrected chi connectivity index (χ1v) is 8.73. The Balaban J connectivity index is 1.82. The van der Waals surface area contributed by atoms with Crippen LogP contribution in [0.15, 0.2) is 54.7 Å². The van der Waals surface area contributed by atoms with E-state index in [1.807, 2.05) is 38.1 Å². The SMILES string of the molecule is COC(=O)c1ccccc1Nc1nncc(Nc2ccccc2OC(C)C)n1. The van der Waals surface area contributed by atoms with Gasteiger partial charge in [-0.2, -0.15) is 10.1 Å². The summed E-state index contributed by atoms with van der Waals surface area (Å²) in [7, 11) is 1.33. The first-order valence-electron chi connectivity index (χ1n) is 8.73. The van der Waals surface area contributed by atoms with Crippen molar-refractivity contribution in [1.29, 1.82) is 0 Å². The topological polar surface area (TPSA) is 98.3 Å². The molecule has 2 aromatic carbocycles. The fourth-order valence-electron chi connectivity index (χ4n) is 2.48. The number of nitrogens with one attached hydrogen (secondary N) is 2. The van der Waals surface area contributed by atoms with Gasteiger partial charge in [-0.25, -0.2) is 4.79 Å². The van der Waals surface area contributed by atoms with Gasteiger partial charge in [0.2, 0.25) is 5.95 Å². The van der Waals surface area contributed by atoms with Crippen molar-refractivity contribution in [3.05, 3.63) is 60.3 Å². The van der Waals surface area contributed by atoms with Gasteiger partial charge in [0.25, 0.3) is 0 Å². The molecule has 0 saturated heterocycles. The number of hydrogen-bond donors (Lipinski definition) is 2. The van der Waals surface area contributed by atoms with Crippen LogP contribution in [-0.4, -0.2) is 34.4 Å². The summed E-state index contributed by atoms with van der Waals surface area (Å²) in [6, 6.07) is 14.5. The summed E-state index contributed by atoms with van der Waals surface area (Å²) in [6.45, 7) is 3.92. The maximum Gasteiger partial charge on any atom is 0.339 e. The third kappa shape index (κ3) is 4.73. The molecule has 0 radical (unpaired) electrons. The molecule has 0 aliphatic carbocycles. The van der Waals surface area contributed by atoms with Gasteiger partial charge in [-0.15, -0.1) is 5.10 Å². The van der Waals surface area contributed by atoms with Crippen LogP contribution in [0, 0.1) is 0 Å². The fourth-order valence-corrected chi connectivity index (χ4v) is 2.48. The third-order valence-electron chi connectivity index (χ3n) is 3.65. The lowest BCUT2D eigenvalue weighted by Crippen LogP contribution is -2.09. The van der Waals surface area contributed by atoms with Crippen LogP contribution < -0.4 is 15.4 Å². The van der Waals surface area contributed by atoms with E-state index in [1.165, 1.54) is 13.3 Å². The number of carbonyl (C=O) groups is 1. The molecule has 3 rings (SSSR count). The molecular formula is C20H21N5O3. The maximum atomic E-state index is 11.9. The van der Waals surface area contributed by atoms with Crippen LogP contribution in [0.2, 0.25) is 0 Å². The van der Waals surface area contributed by atoms with E-state index in [0.717, 1.165) is 5.69 Å². The number of carbonyl (C=O) groups excluding carboxylic acids is 1. The van der Waals surface area contributed by atoms with E-state index in [4.69, 9.17) is 9.47 Å². The van der Waals surface area contributed by atoms with E-state index in [9.17, 15) is 4.79 Å². The molecule has 0 atom stereocenters. The number of aromatic nitrogens is 3. The smallest absolute Gasteiger partial charge is 0.339 e. The van der Waals surface area contributed by atoms with E-state index in [-0.39, 0.29) is 12.1 Å². The highest BCUT2D eigenvalue weighted by atomic mass is 16.5. The van der Waals surface area contributed by atoms with Crippen LogP contribution in [0.3, 0.4) is 0 Å². The minimum absolute atomic E-state index is 0.0403. The summed E-state index contributed by atoms with van der Waals surface area (Å²) < 4.78 is 10.6. The second-order valence-electron chi connectivity index (χ2n) is 6.12. The van der Waals surface area contributed by atoms with Crippen LogP contribution in [0.1, 0.15) is 24.2 Å². The van der Waals surface area contributed by atoms with E-state index >= 15 is 0 Å². The minimum atomic E-state index is -0.454. The zero-order valence-corrected chi connectivity index (χ0v) is 15.8. The van der Waals surface area contributed by atoms with E-state index in [0.29, 0.717) is 22.8 Å². The molecule has 8 nitrogen and oxygen atoms in total. The van der Waals surface area contributed by atoms with Gasteiger partial charge in [-0.3, -0.25) is 0 Å². The van der Waals surface area contributed by atoms with Gasteiger partial charge in [-0.1, -0.05) is 24.3 Å². The molecule has 0 fully saturated rings. The van der Waals surface area contributed by atoms with E-state index < -0.39 is 5.97 Å². The molecule has 1 heterocycles. The second kappa shape index (κ2) is 8.81. The molecule has 144 valence electrons. The summed E-state index contributed by atoms with van der Waals surface area (Å²) in [6.07, 6.45) is 1.54. The van der Waals surface area contributed by atoms with Crippen LogP contribution in [0.5, 0.6) is 5.75 Å². The zero-order chi connectivity index (χ0) is 19.9. The molecule has 0 bridgehead atoms. The summed E-state index contributed by atoms with van der Waals surface area (Å²) in [5.74, 6) is 0.975. The first-order chi connectivity index (χ1) is 13.6. The highest BCUT2D eigenvalue weighted by Crippen LogP contribution is 2.28. The maximum absolute atomic E-state index is 11.9. The van der Waals surface area contributed by atoms with Crippen molar-refractivity contribution < 1.29 is 14.3 Å². The van der Waals surface area contributed by atoms with Gasteiger partial charge in [-0.05, 0) is 38.1 Å². The van der Waals surface area contributed by atoms with Gasteiger partial charge in [0.05, 0.1) is 36.3 Å². The Labute approximate surface area is 162 Å². The Morgan fingerprint density at radius 3 is 2.46 bits per heavy atom. The van der Waals surface area contributed by atoms with Crippen LogP contribution in [0.4, 0.5) is 23.1 Å². The number of hydrogen-bond acceptors (Lipinski definition) is 8. The molecule has 0 saturated carbocycles. The summed E-state index contributed by atoms with van der Waals surface area (Å²) >= 11 is 0. The fraction of sp³-hybridized carbons (Fsp3) is 0.200. The molecule has 0 amide bonds. The summed E-state index contributed by atoms with van der Waals surface area (Å²) in [5, 5.41) is 14.1. The molecule has 0 aliphatic heterocycles. The number of benzene rings is 2. The van der Waals surface area contributed by atoms with Gasteiger partial charge in [0.1, 0.15) is 5.75 Å². The number of ether oxygens (including phenoxy) is 2. The van der Waals surface area contributed by atoms with Crippen molar-refractivity contribution in [2.24, 2.45) is 0 Å². The summed E-state index contributed by atoms with van der Waals surface area (Å²) in [5.41, 5.74) is 1.66. The van der Waals surface area contributed by atoms with Gasteiger partial charge >= 0.3 is 5.97 Å². The average Bonchev–Trinajstić information content (AvgIpc) is 2.69. The Bertz CT molecular complexity index is 962. The lowest BCUT2D eigenvalue weighted by atomic mass is 10.2. The molecule has 28 heavy (non-hydrogen) atoms. The molecule has 0 aliphatic rings. The third-order valence-corrected chi connectivity index (χ3v) is 3.65. The monoisotopic (exact) mass is 379 g/mol. The Hall–Kier alpha value is -3.68. The number of anilines is 4. The molecule has 8 heteroatoms. The number of nitrogens with zero attached hydrogens (tertiary/aromatic N) is 3. The van der Waals surface area contributed by atoms with Gasteiger partial charge < -0.3 is 20.1 Å². The average molecular weight is 379 g/mol. The van der Waals surface area contributed by atoms with Crippen LogP contribution in [-0.2, 0) is 4.74 Å². The van der Waals surface area contributed by atoms with Gasteiger partial charge in [0.15, 0.2) is 5.82 Å². The number of esters is 1. The van der Waals surface area contributed by atoms with Crippen molar-refractivity contribution in [3.63, 3.8) is 0 Å². The van der Waals surface area contributed by atoms with Gasteiger partial charge in [0, 0.05) is 0 Å². The van der Waals surface area contributed by atoms with E-state index in [2.05, 4.69) is 25.8 Å². The standard InChI is InChI=1S/C20H21N5O3/c1-13(2)28-17-11-7-6-10-16(17)22-18-12-21-25-20(24-18)23-15-9-5-4-8-14(15)19(26)27-3/h4-13H,1-3H3,(H2,22,23,24,25). The van der Waals surface area contributed by atoms with Crippen molar-refractivity contribution in [3.8, 4) is 5.75 Å². The molecule has 1 aromatic heterocycles. The van der Waals surface area contributed by atoms with Crippen LogP contribution in [0.25, 0.3) is 0 Å². The predicted molar refractivity (Wildman–Crippen MR) is 106 cm³/mol. The van der Waals surface area contributed by atoms with Crippen molar-refractivity contribution >= 4 is 29.1 Å². The zero-order valence-electron chi connectivity index (χ0n) is 15.8. The highest BCUT2D eigenvalue weighted by molar-refractivity contribution is 5.96. The lowest BCUT2D eigenvalue weighted by Gasteiger charge is -2.15. The number of methoxy groups -OCH3 is 1. The molecule has 2 N–H and O–H groups in total. The van der Waals surface area contributed by atoms with Crippen LogP contribution >= 0.6 is 0 Å².